The Kier molecular flexibility index (Phi) is 7.33. The van der Waals surface area contributed by atoms with Gasteiger partial charge in [0.05, 0.1) is 16.4 Å². The molecule has 0 radical (unpaired) electrons. The molecule has 1 saturated heterocycles. The van der Waals surface area contributed by atoms with Crippen molar-refractivity contribution in [3.05, 3.63) is 86.5 Å². The maximum Gasteiger partial charge on any atom is 0.339 e. The Morgan fingerprint density at radius 1 is 1.00 bits per heavy atom. The van der Waals surface area contributed by atoms with E-state index in [0.717, 1.165) is 4.90 Å². The first-order chi connectivity index (χ1) is 17.1. The van der Waals surface area contributed by atoms with Gasteiger partial charge in [-0.2, -0.15) is 8.42 Å². The standard InChI is InChI=1S/C24H16ClIN2O7S/c1-34-20-13-14(12-19(26)21(20)35-36(32,33)17-9-7-15(25)8-10-17)11-18-22(29)27-24(31)28(23(18)30)16-5-3-2-4-6-16/h2-13H,1H3,(H,27,29,31)/b18-11+. The number of carbonyl (C=O) groups excluding carboxylic acids is 3. The maximum absolute atomic E-state index is 13.1. The van der Waals surface area contributed by atoms with E-state index in [9.17, 15) is 22.8 Å². The van der Waals surface area contributed by atoms with E-state index in [1.165, 1.54) is 49.6 Å². The summed E-state index contributed by atoms with van der Waals surface area (Å²) >= 11 is 7.68. The lowest BCUT2D eigenvalue weighted by Crippen LogP contribution is -2.54. The highest BCUT2D eigenvalue weighted by atomic mass is 127. The highest BCUT2D eigenvalue weighted by Crippen LogP contribution is 2.37. The first-order valence-corrected chi connectivity index (χ1v) is 13.0. The summed E-state index contributed by atoms with van der Waals surface area (Å²) in [5.41, 5.74) is 0.342. The zero-order chi connectivity index (χ0) is 26.0. The molecule has 3 aromatic carbocycles. The number of rotatable bonds is 6. The van der Waals surface area contributed by atoms with Crippen LogP contribution >= 0.6 is 34.2 Å². The summed E-state index contributed by atoms with van der Waals surface area (Å²) in [5.74, 6) is -1.70. The van der Waals surface area contributed by atoms with Crippen molar-refractivity contribution in [2.45, 2.75) is 4.90 Å². The van der Waals surface area contributed by atoms with Gasteiger partial charge in [-0.3, -0.25) is 14.9 Å². The Balaban J connectivity index is 1.70. The summed E-state index contributed by atoms with van der Waals surface area (Å²) in [6, 6.07) is 15.7. The number of halogens is 2. The lowest BCUT2D eigenvalue weighted by atomic mass is 10.1. The molecular formula is C24H16ClIN2O7S. The van der Waals surface area contributed by atoms with Gasteiger partial charge < -0.3 is 8.92 Å². The quantitative estimate of drug-likeness (QED) is 0.184. The van der Waals surface area contributed by atoms with Gasteiger partial charge in [-0.1, -0.05) is 29.8 Å². The largest absolute Gasteiger partial charge is 0.493 e. The molecule has 1 aliphatic heterocycles. The van der Waals surface area contributed by atoms with E-state index in [-0.39, 0.29) is 22.0 Å². The molecule has 0 spiro atoms. The van der Waals surface area contributed by atoms with Crippen molar-refractivity contribution in [3.8, 4) is 11.5 Å². The number of benzene rings is 3. The molecule has 0 atom stereocenters. The van der Waals surface area contributed by atoms with Crippen molar-refractivity contribution >= 4 is 73.9 Å². The SMILES string of the molecule is COc1cc(/C=C2\C(=O)NC(=O)N(c3ccccc3)C2=O)cc(I)c1OS(=O)(=O)c1ccc(Cl)cc1. The number of carbonyl (C=O) groups is 3. The van der Waals surface area contributed by atoms with Crippen LogP contribution in [0.5, 0.6) is 11.5 Å². The van der Waals surface area contributed by atoms with Crippen LogP contribution in [-0.2, 0) is 19.7 Å². The van der Waals surface area contributed by atoms with Crippen molar-refractivity contribution in [1.82, 2.24) is 5.32 Å². The molecule has 12 heteroatoms. The Morgan fingerprint density at radius 3 is 2.31 bits per heavy atom. The lowest BCUT2D eigenvalue weighted by molar-refractivity contribution is -0.122. The number of nitrogens with one attached hydrogen (secondary N) is 1. The van der Waals surface area contributed by atoms with Gasteiger partial charge in [-0.05, 0) is 82.8 Å². The number of nitrogens with zero attached hydrogens (tertiary/aromatic N) is 1. The van der Waals surface area contributed by atoms with E-state index < -0.39 is 28.0 Å². The van der Waals surface area contributed by atoms with Crippen molar-refractivity contribution in [2.75, 3.05) is 12.0 Å². The fourth-order valence-electron chi connectivity index (χ4n) is 3.30. The Morgan fingerprint density at radius 2 is 1.67 bits per heavy atom. The highest BCUT2D eigenvalue weighted by molar-refractivity contribution is 14.1. The van der Waals surface area contributed by atoms with Crippen molar-refractivity contribution in [2.24, 2.45) is 0 Å². The predicted octanol–water partition coefficient (Wildman–Crippen LogP) is 4.39. The summed E-state index contributed by atoms with van der Waals surface area (Å²) < 4.78 is 36.5. The summed E-state index contributed by atoms with van der Waals surface area (Å²) in [6.07, 6.45) is 1.28. The third kappa shape index (κ3) is 5.22. The second-order valence-electron chi connectivity index (χ2n) is 7.32. The number of anilines is 1. The molecule has 3 aromatic rings. The van der Waals surface area contributed by atoms with Crippen molar-refractivity contribution < 1.29 is 31.7 Å². The molecule has 9 nitrogen and oxygen atoms in total. The average molecular weight is 639 g/mol. The van der Waals surface area contributed by atoms with Crippen LogP contribution in [0.1, 0.15) is 5.56 Å². The Bertz CT molecular complexity index is 1510. The monoisotopic (exact) mass is 638 g/mol. The molecule has 1 aliphatic rings. The second-order valence-corrected chi connectivity index (χ2v) is 10.5. The summed E-state index contributed by atoms with van der Waals surface area (Å²) in [6.45, 7) is 0. The lowest BCUT2D eigenvalue weighted by Gasteiger charge is -2.26. The van der Waals surface area contributed by atoms with Crippen molar-refractivity contribution in [3.63, 3.8) is 0 Å². The van der Waals surface area contributed by atoms with Gasteiger partial charge in [-0.15, -0.1) is 0 Å². The van der Waals surface area contributed by atoms with E-state index in [1.807, 2.05) is 22.6 Å². The van der Waals surface area contributed by atoms with E-state index in [0.29, 0.717) is 19.8 Å². The number of amides is 4. The van der Waals surface area contributed by atoms with Crippen LogP contribution in [-0.4, -0.2) is 33.4 Å². The molecule has 4 amide bonds. The van der Waals surface area contributed by atoms with Gasteiger partial charge in [-0.25, -0.2) is 9.69 Å². The molecule has 0 aromatic heterocycles. The van der Waals surface area contributed by atoms with Crippen molar-refractivity contribution in [1.29, 1.82) is 0 Å². The molecule has 36 heavy (non-hydrogen) atoms. The zero-order valence-electron chi connectivity index (χ0n) is 18.4. The molecule has 1 heterocycles. The first kappa shape index (κ1) is 25.7. The number of urea groups is 1. The van der Waals surface area contributed by atoms with Crippen LogP contribution in [0, 0.1) is 3.57 Å². The third-order valence-electron chi connectivity index (χ3n) is 4.97. The molecule has 1 N–H and O–H groups in total. The maximum atomic E-state index is 13.1. The Labute approximate surface area is 224 Å². The Hall–Kier alpha value is -3.42. The van der Waals surface area contributed by atoms with E-state index in [2.05, 4.69) is 5.32 Å². The predicted molar refractivity (Wildman–Crippen MR) is 140 cm³/mol. The molecular weight excluding hydrogens is 623 g/mol. The molecule has 0 saturated carbocycles. The van der Waals surface area contributed by atoms with Gasteiger partial charge in [0.25, 0.3) is 11.8 Å². The van der Waals surface area contributed by atoms with Crippen LogP contribution < -0.4 is 19.1 Å². The molecule has 0 aliphatic carbocycles. The molecule has 0 bridgehead atoms. The van der Waals surface area contributed by atoms with Crippen LogP contribution in [0.2, 0.25) is 5.02 Å². The number of ether oxygens (including phenoxy) is 1. The summed E-state index contributed by atoms with van der Waals surface area (Å²) in [7, 11) is -2.89. The number of imide groups is 2. The number of hydrogen-bond donors (Lipinski definition) is 1. The minimum Gasteiger partial charge on any atom is -0.493 e. The van der Waals surface area contributed by atoms with Crippen LogP contribution in [0.15, 0.2) is 77.2 Å². The van der Waals surface area contributed by atoms with E-state index >= 15 is 0 Å². The van der Waals surface area contributed by atoms with Crippen LogP contribution in [0.25, 0.3) is 6.08 Å². The van der Waals surface area contributed by atoms with Gasteiger partial charge in [0.2, 0.25) is 0 Å². The van der Waals surface area contributed by atoms with Crippen LogP contribution in [0.3, 0.4) is 0 Å². The zero-order valence-corrected chi connectivity index (χ0v) is 22.1. The van der Waals surface area contributed by atoms with Gasteiger partial charge in [0.1, 0.15) is 10.5 Å². The van der Waals surface area contributed by atoms with Gasteiger partial charge in [0.15, 0.2) is 11.5 Å². The smallest absolute Gasteiger partial charge is 0.339 e. The first-order valence-electron chi connectivity index (χ1n) is 10.1. The number of methoxy groups -OCH3 is 1. The second kappa shape index (κ2) is 10.3. The summed E-state index contributed by atoms with van der Waals surface area (Å²) in [5, 5.41) is 2.52. The van der Waals surface area contributed by atoms with Crippen LogP contribution in [0.4, 0.5) is 10.5 Å². The van der Waals surface area contributed by atoms with E-state index in [1.54, 1.807) is 30.3 Å². The topological polar surface area (TPSA) is 119 Å². The minimum atomic E-state index is -4.21. The summed E-state index contributed by atoms with van der Waals surface area (Å²) in [4.78, 5) is 38.6. The average Bonchev–Trinajstić information content (AvgIpc) is 2.84. The van der Waals surface area contributed by atoms with E-state index in [4.69, 9.17) is 20.5 Å². The minimum absolute atomic E-state index is 0.0472. The molecule has 4 rings (SSSR count). The molecule has 184 valence electrons. The number of barbiturate groups is 1. The normalized spacial score (nSPS) is 15.1. The number of hydrogen-bond acceptors (Lipinski definition) is 7. The van der Waals surface area contributed by atoms with Gasteiger partial charge >= 0.3 is 16.1 Å². The molecule has 1 fully saturated rings. The number of para-hydroxylation sites is 1. The third-order valence-corrected chi connectivity index (χ3v) is 7.26. The fraction of sp³-hybridized carbons (Fsp3) is 0.0417. The highest BCUT2D eigenvalue weighted by Gasteiger charge is 2.36. The van der Waals surface area contributed by atoms with Gasteiger partial charge in [0, 0.05) is 5.02 Å². The molecule has 0 unspecified atom stereocenters. The fourth-order valence-corrected chi connectivity index (χ4v) is 5.27.